The summed E-state index contributed by atoms with van der Waals surface area (Å²) in [4.78, 5) is 34.6. The molecule has 1 atom stereocenters. The highest BCUT2D eigenvalue weighted by Gasteiger charge is 2.47. The van der Waals surface area contributed by atoms with Crippen LogP contribution in [0, 0.1) is 5.41 Å². The average molecular weight is 246 g/mol. The molecule has 0 saturated carbocycles. The first-order valence-corrected chi connectivity index (χ1v) is 6.78. The zero-order valence-electron chi connectivity index (χ0n) is 7.23. The van der Waals surface area contributed by atoms with Crippen molar-refractivity contribution in [3.8, 4) is 0 Å². The number of hydrogen-bond acceptors (Lipinski definition) is 4. The summed E-state index contributed by atoms with van der Waals surface area (Å²) in [6, 6.07) is -1.12. The van der Waals surface area contributed by atoms with Crippen LogP contribution < -0.4 is 5.73 Å². The van der Waals surface area contributed by atoms with E-state index in [1.807, 2.05) is 0 Å². The number of rotatable bonds is 4. The third-order valence-corrected chi connectivity index (χ3v) is 5.04. The molecule has 0 aliphatic rings. The van der Waals surface area contributed by atoms with E-state index in [9.17, 15) is 9.13 Å². The topological polar surface area (TPSA) is 165 Å². The van der Waals surface area contributed by atoms with Crippen LogP contribution in [-0.4, -0.2) is 36.7 Å². The van der Waals surface area contributed by atoms with Crippen LogP contribution in [0.1, 0.15) is 6.92 Å². The molecule has 1 unspecified atom stereocenters. The van der Waals surface area contributed by atoms with E-state index in [1.165, 1.54) is 6.92 Å². The second-order valence-electron chi connectivity index (χ2n) is 2.80. The van der Waals surface area contributed by atoms with Crippen LogP contribution in [0.3, 0.4) is 0 Å². The molecule has 10 heteroatoms. The average Bonchev–Trinajstić information content (AvgIpc) is 1.79. The maximum Gasteiger partial charge on any atom is 0.346 e. The number of nitrogens with two attached hydrogens (primary N) is 1. The second-order valence-corrected chi connectivity index (χ2v) is 6.59. The maximum atomic E-state index is 10.7. The van der Waals surface area contributed by atoms with Crippen molar-refractivity contribution in [2.45, 2.75) is 18.4 Å². The Morgan fingerprint density at radius 2 is 1.50 bits per heavy atom. The van der Waals surface area contributed by atoms with Crippen LogP contribution in [0.4, 0.5) is 0 Å². The van der Waals surface area contributed by atoms with Gasteiger partial charge in [-0.3, -0.25) is 9.13 Å². The van der Waals surface area contributed by atoms with Gasteiger partial charge in [-0.15, -0.1) is 0 Å². The van der Waals surface area contributed by atoms with Crippen LogP contribution in [0.2, 0.25) is 0 Å². The Balaban J connectivity index is 5.27. The molecule has 0 aromatic rings. The standard InChI is InChI=1S/C4H12N2O6P2/c1-2(5)3(6)4(13(7,8)9)14(10,11)12/h2,4,6H,5H2,1H3,(H2,7,8,9)(H2,10,11,12). The minimum absolute atomic E-state index is 0.855. The Hall–Kier alpha value is -0.0700. The lowest BCUT2D eigenvalue weighted by Gasteiger charge is -2.22. The molecule has 0 aliphatic carbocycles. The van der Waals surface area contributed by atoms with E-state index in [2.05, 4.69) is 0 Å². The molecule has 0 spiro atoms. The molecule has 0 saturated heterocycles. The van der Waals surface area contributed by atoms with Crippen LogP contribution in [0.15, 0.2) is 0 Å². The van der Waals surface area contributed by atoms with E-state index < -0.39 is 32.3 Å². The fraction of sp³-hybridized carbons (Fsp3) is 0.750. The summed E-state index contributed by atoms with van der Waals surface area (Å²) in [6.07, 6.45) is 0. The fourth-order valence-electron chi connectivity index (χ4n) is 0.793. The van der Waals surface area contributed by atoms with Gasteiger partial charge in [-0.1, -0.05) is 0 Å². The molecule has 0 bridgehead atoms. The van der Waals surface area contributed by atoms with Gasteiger partial charge in [-0.2, -0.15) is 0 Å². The van der Waals surface area contributed by atoms with Crippen molar-refractivity contribution in [3.63, 3.8) is 0 Å². The molecule has 0 fully saturated rings. The Bertz CT molecular complexity index is 294. The van der Waals surface area contributed by atoms with Crippen molar-refractivity contribution >= 4 is 20.9 Å². The minimum Gasteiger partial charge on any atom is -0.324 e. The van der Waals surface area contributed by atoms with Gasteiger partial charge in [0, 0.05) is 6.04 Å². The third-order valence-electron chi connectivity index (χ3n) is 1.41. The van der Waals surface area contributed by atoms with Gasteiger partial charge < -0.3 is 30.7 Å². The van der Waals surface area contributed by atoms with E-state index in [-0.39, 0.29) is 0 Å². The lowest BCUT2D eigenvalue weighted by atomic mass is 10.2. The summed E-state index contributed by atoms with van der Waals surface area (Å²) in [5.41, 5.74) is 4.26. The number of nitrogens with one attached hydrogen (secondary N) is 1. The molecular formula is C4H12N2O6P2. The molecule has 0 heterocycles. The lowest BCUT2D eigenvalue weighted by molar-refractivity contribution is 0.348. The van der Waals surface area contributed by atoms with Crippen LogP contribution >= 0.6 is 15.2 Å². The fourth-order valence-corrected chi connectivity index (χ4v) is 3.56. The van der Waals surface area contributed by atoms with Crippen molar-refractivity contribution in [1.82, 2.24) is 0 Å². The van der Waals surface area contributed by atoms with Gasteiger partial charge in [-0.05, 0) is 6.92 Å². The summed E-state index contributed by atoms with van der Waals surface area (Å²) in [5, 5.41) is 4.67. The Morgan fingerprint density at radius 3 is 1.57 bits per heavy atom. The van der Waals surface area contributed by atoms with Gasteiger partial charge in [0.05, 0.1) is 5.71 Å². The van der Waals surface area contributed by atoms with Gasteiger partial charge in [0.25, 0.3) is 0 Å². The summed E-state index contributed by atoms with van der Waals surface area (Å²) >= 11 is 0. The summed E-state index contributed by atoms with van der Waals surface area (Å²) in [5.74, 6) is 0. The largest absolute Gasteiger partial charge is 0.346 e. The second kappa shape index (κ2) is 4.20. The van der Waals surface area contributed by atoms with Crippen LogP contribution in [0.25, 0.3) is 0 Å². The van der Waals surface area contributed by atoms with Crippen molar-refractivity contribution < 1.29 is 28.7 Å². The van der Waals surface area contributed by atoms with Crippen molar-refractivity contribution in [1.29, 1.82) is 5.41 Å². The lowest BCUT2D eigenvalue weighted by Crippen LogP contribution is -2.35. The molecule has 7 N–H and O–H groups in total. The van der Waals surface area contributed by atoms with Gasteiger partial charge in [0.15, 0.2) is 0 Å². The quantitative estimate of drug-likeness (QED) is 0.274. The molecule has 0 radical (unpaired) electrons. The van der Waals surface area contributed by atoms with Crippen molar-refractivity contribution in [2.24, 2.45) is 5.73 Å². The molecule has 0 amide bonds. The Labute approximate surface area is 80.0 Å². The first kappa shape index (κ1) is 13.9. The molecule has 14 heavy (non-hydrogen) atoms. The van der Waals surface area contributed by atoms with Crippen LogP contribution in [0.5, 0.6) is 0 Å². The van der Waals surface area contributed by atoms with Gasteiger partial charge in [-0.25, -0.2) is 0 Å². The van der Waals surface area contributed by atoms with E-state index >= 15 is 0 Å². The van der Waals surface area contributed by atoms with Gasteiger partial charge in [0.1, 0.15) is 0 Å². The van der Waals surface area contributed by atoms with Crippen molar-refractivity contribution in [3.05, 3.63) is 0 Å². The minimum atomic E-state index is -5.08. The first-order valence-electron chi connectivity index (χ1n) is 3.42. The zero-order chi connectivity index (χ0) is 11.7. The van der Waals surface area contributed by atoms with E-state index in [0.29, 0.717) is 0 Å². The highest BCUT2D eigenvalue weighted by atomic mass is 31.2. The SMILES string of the molecule is CC(N)C(=N)C(P(=O)(O)O)P(=O)(O)O. The smallest absolute Gasteiger partial charge is 0.324 e. The van der Waals surface area contributed by atoms with Crippen molar-refractivity contribution in [2.75, 3.05) is 0 Å². The molecule has 84 valence electrons. The van der Waals surface area contributed by atoms with E-state index in [1.54, 1.807) is 0 Å². The predicted molar refractivity (Wildman–Crippen MR) is 49.3 cm³/mol. The summed E-state index contributed by atoms with van der Waals surface area (Å²) < 4.78 is 21.5. The van der Waals surface area contributed by atoms with Crippen LogP contribution in [-0.2, 0) is 9.13 Å². The molecular weight excluding hydrogens is 234 g/mol. The Kier molecular flexibility index (Phi) is 4.18. The molecule has 0 aromatic carbocycles. The summed E-state index contributed by atoms with van der Waals surface area (Å²) in [6.45, 7) is 1.21. The Morgan fingerprint density at radius 1 is 1.21 bits per heavy atom. The first-order chi connectivity index (χ1) is 5.98. The van der Waals surface area contributed by atoms with E-state index in [0.717, 1.165) is 0 Å². The molecule has 8 nitrogen and oxygen atoms in total. The predicted octanol–water partition coefficient (Wildman–Crippen LogP) is -0.965. The summed E-state index contributed by atoms with van der Waals surface area (Å²) in [7, 11) is -10.2. The normalized spacial score (nSPS) is 15.6. The molecule has 0 aromatic heterocycles. The van der Waals surface area contributed by atoms with Gasteiger partial charge >= 0.3 is 15.2 Å². The highest BCUT2D eigenvalue weighted by Crippen LogP contribution is 2.60. The monoisotopic (exact) mass is 246 g/mol. The van der Waals surface area contributed by atoms with Gasteiger partial charge in [0.2, 0.25) is 5.40 Å². The molecule has 0 rings (SSSR count). The third kappa shape index (κ3) is 3.59. The maximum absolute atomic E-state index is 10.7. The highest BCUT2D eigenvalue weighted by molar-refractivity contribution is 7.72. The zero-order valence-corrected chi connectivity index (χ0v) is 9.02. The number of hydrogen-bond donors (Lipinski definition) is 6. The van der Waals surface area contributed by atoms with E-state index in [4.69, 9.17) is 30.7 Å². The molecule has 0 aliphatic heterocycles.